The Morgan fingerprint density at radius 3 is 2.70 bits per heavy atom. The van der Waals surface area contributed by atoms with Gasteiger partial charge in [-0.1, -0.05) is 37.3 Å². The first-order valence-electron chi connectivity index (χ1n) is 9.48. The minimum absolute atomic E-state index is 0.101. The number of nitrogens with zero attached hydrogens (tertiary/aromatic N) is 1. The van der Waals surface area contributed by atoms with Crippen molar-refractivity contribution < 1.29 is 19.5 Å². The molecule has 0 saturated carbocycles. The summed E-state index contributed by atoms with van der Waals surface area (Å²) < 4.78 is 0. The first kappa shape index (κ1) is 19.7. The Bertz CT molecular complexity index is 696. The number of fused-ring (bicyclic) bond motifs is 1. The molecule has 1 aromatic carbocycles. The van der Waals surface area contributed by atoms with Crippen LogP contribution in [-0.4, -0.2) is 51.0 Å². The van der Waals surface area contributed by atoms with Gasteiger partial charge in [-0.15, -0.1) is 11.8 Å². The van der Waals surface area contributed by atoms with Crippen molar-refractivity contribution in [3.63, 3.8) is 0 Å². The summed E-state index contributed by atoms with van der Waals surface area (Å²) in [5.74, 6) is -0.902. The zero-order valence-corrected chi connectivity index (χ0v) is 16.3. The maximum absolute atomic E-state index is 13.0. The highest BCUT2D eigenvalue weighted by molar-refractivity contribution is 7.99. The molecule has 0 aromatic heterocycles. The van der Waals surface area contributed by atoms with Crippen molar-refractivity contribution in [1.82, 2.24) is 10.2 Å². The van der Waals surface area contributed by atoms with Gasteiger partial charge in [-0.3, -0.25) is 9.59 Å². The van der Waals surface area contributed by atoms with Gasteiger partial charge in [0.05, 0.1) is 5.37 Å². The number of carbonyl (C=O) groups excluding carboxylic acids is 2. The quantitative estimate of drug-likeness (QED) is 0.805. The molecule has 0 bridgehead atoms. The number of hydrogen-bond acceptors (Lipinski definition) is 4. The predicted molar refractivity (Wildman–Crippen MR) is 104 cm³/mol. The Labute approximate surface area is 163 Å². The molecule has 4 atom stereocenters. The lowest BCUT2D eigenvalue weighted by Gasteiger charge is -2.39. The van der Waals surface area contributed by atoms with Crippen LogP contribution in [0.3, 0.4) is 0 Å². The summed E-state index contributed by atoms with van der Waals surface area (Å²) in [6.07, 6.45) is 3.23. The highest BCUT2D eigenvalue weighted by atomic mass is 32.2. The number of rotatable bonds is 5. The fourth-order valence-electron chi connectivity index (χ4n) is 3.80. The third kappa shape index (κ3) is 4.64. The van der Waals surface area contributed by atoms with E-state index in [2.05, 4.69) is 5.32 Å². The van der Waals surface area contributed by atoms with Gasteiger partial charge in [-0.05, 0) is 43.4 Å². The van der Waals surface area contributed by atoms with Crippen LogP contribution in [0.2, 0.25) is 0 Å². The number of nitrogens with one attached hydrogen (secondary N) is 1. The van der Waals surface area contributed by atoms with Crippen LogP contribution in [0.4, 0.5) is 0 Å². The molecule has 2 heterocycles. The molecule has 7 heteroatoms. The topological polar surface area (TPSA) is 86.7 Å². The molecule has 2 saturated heterocycles. The number of carbonyl (C=O) groups is 3. The summed E-state index contributed by atoms with van der Waals surface area (Å²) in [6, 6.07) is 8.34. The van der Waals surface area contributed by atoms with Gasteiger partial charge >= 0.3 is 5.97 Å². The maximum Gasteiger partial charge on any atom is 0.326 e. The van der Waals surface area contributed by atoms with Crippen LogP contribution in [0.1, 0.15) is 38.2 Å². The van der Waals surface area contributed by atoms with Crippen molar-refractivity contribution in [2.24, 2.45) is 5.92 Å². The lowest BCUT2D eigenvalue weighted by Crippen LogP contribution is -2.57. The maximum atomic E-state index is 13.0. The Morgan fingerprint density at radius 1 is 1.26 bits per heavy atom. The summed E-state index contributed by atoms with van der Waals surface area (Å²) >= 11 is 1.63. The molecule has 3 rings (SSSR count). The summed E-state index contributed by atoms with van der Waals surface area (Å²) in [5.41, 5.74) is 1.07. The van der Waals surface area contributed by atoms with Gasteiger partial charge in [-0.25, -0.2) is 4.79 Å². The van der Waals surface area contributed by atoms with E-state index in [1.54, 1.807) is 11.8 Å². The Hall–Kier alpha value is -2.02. The number of piperidine rings is 1. The molecule has 1 aromatic rings. The van der Waals surface area contributed by atoms with Gasteiger partial charge in [0.25, 0.3) is 0 Å². The molecule has 0 radical (unpaired) electrons. The molecule has 2 N–H and O–H groups in total. The van der Waals surface area contributed by atoms with Crippen LogP contribution < -0.4 is 5.32 Å². The molecule has 27 heavy (non-hydrogen) atoms. The van der Waals surface area contributed by atoms with E-state index >= 15 is 0 Å². The molecule has 0 aliphatic carbocycles. The van der Waals surface area contributed by atoms with Crippen LogP contribution >= 0.6 is 11.8 Å². The molecule has 2 amide bonds. The lowest BCUT2D eigenvalue weighted by atomic mass is 9.98. The van der Waals surface area contributed by atoms with Gasteiger partial charge in [0.2, 0.25) is 11.8 Å². The van der Waals surface area contributed by atoms with Gasteiger partial charge in [0.15, 0.2) is 0 Å². The second-order valence-electron chi connectivity index (χ2n) is 7.30. The molecule has 2 aliphatic heterocycles. The summed E-state index contributed by atoms with van der Waals surface area (Å²) in [5, 5.41) is 12.3. The van der Waals surface area contributed by atoms with Crippen molar-refractivity contribution in [3.8, 4) is 0 Å². The zero-order valence-electron chi connectivity index (χ0n) is 15.5. The first-order valence-corrected chi connectivity index (χ1v) is 10.5. The van der Waals surface area contributed by atoms with E-state index < -0.39 is 18.1 Å². The first-order chi connectivity index (χ1) is 13.0. The second-order valence-corrected chi connectivity index (χ2v) is 8.58. The summed E-state index contributed by atoms with van der Waals surface area (Å²) in [7, 11) is 0. The van der Waals surface area contributed by atoms with Crippen molar-refractivity contribution in [1.29, 1.82) is 0 Å². The number of thioether (sulfide) groups is 1. The molecule has 2 fully saturated rings. The number of aliphatic carboxylic acids is 1. The third-order valence-electron chi connectivity index (χ3n) is 5.28. The van der Waals surface area contributed by atoms with Crippen LogP contribution in [0.25, 0.3) is 0 Å². The number of hydrogen-bond donors (Lipinski definition) is 2. The molecule has 2 aliphatic rings. The normalized spacial score (nSPS) is 26.6. The van der Waals surface area contributed by atoms with Crippen molar-refractivity contribution in [3.05, 3.63) is 35.9 Å². The Kier molecular flexibility index (Phi) is 6.42. The van der Waals surface area contributed by atoms with Crippen LogP contribution in [-0.2, 0) is 20.8 Å². The minimum Gasteiger partial charge on any atom is -0.480 e. The smallest absolute Gasteiger partial charge is 0.326 e. The number of benzene rings is 1. The summed E-state index contributed by atoms with van der Waals surface area (Å²) in [4.78, 5) is 38.8. The van der Waals surface area contributed by atoms with E-state index in [0.29, 0.717) is 19.3 Å². The molecular formula is C20H26N2O4S. The SMILES string of the molecule is CC(Cc1ccccc1)C(=O)NC1CCSC2CCCC(C(=O)O)N2C1=O. The van der Waals surface area contributed by atoms with E-state index in [9.17, 15) is 19.5 Å². The van der Waals surface area contributed by atoms with Gasteiger partial charge < -0.3 is 15.3 Å². The number of amides is 2. The summed E-state index contributed by atoms with van der Waals surface area (Å²) in [6.45, 7) is 1.85. The monoisotopic (exact) mass is 390 g/mol. The number of carboxylic acids is 1. The van der Waals surface area contributed by atoms with E-state index in [-0.39, 0.29) is 23.1 Å². The number of carboxylic acid groups (broad SMARTS) is 1. The molecule has 6 nitrogen and oxygen atoms in total. The van der Waals surface area contributed by atoms with E-state index in [1.165, 1.54) is 4.90 Å². The van der Waals surface area contributed by atoms with Crippen LogP contribution in [0, 0.1) is 5.92 Å². The average Bonchev–Trinajstić information content (AvgIpc) is 2.81. The Balaban J connectivity index is 1.67. The standard InChI is InChI=1S/C20H26N2O4S/c1-13(12-14-6-3-2-4-7-14)18(23)21-15-10-11-27-17-9-5-8-16(20(25)26)22(17)19(15)24/h2-4,6-7,13,15-17H,5,8-12H2,1H3,(H,21,23)(H,25,26). The van der Waals surface area contributed by atoms with E-state index in [0.717, 1.165) is 24.2 Å². The fourth-order valence-corrected chi connectivity index (χ4v) is 5.19. The molecule has 0 spiro atoms. The van der Waals surface area contributed by atoms with Gasteiger partial charge in [0, 0.05) is 5.92 Å². The predicted octanol–water partition coefficient (Wildman–Crippen LogP) is 2.28. The average molecular weight is 391 g/mol. The third-order valence-corrected chi connectivity index (χ3v) is 6.60. The molecule has 4 unspecified atom stereocenters. The van der Waals surface area contributed by atoms with Crippen LogP contribution in [0.5, 0.6) is 0 Å². The largest absolute Gasteiger partial charge is 0.480 e. The molecular weight excluding hydrogens is 364 g/mol. The van der Waals surface area contributed by atoms with Gasteiger partial charge in [0.1, 0.15) is 12.1 Å². The van der Waals surface area contributed by atoms with Crippen molar-refractivity contribution >= 4 is 29.5 Å². The fraction of sp³-hybridized carbons (Fsp3) is 0.550. The minimum atomic E-state index is -0.960. The van der Waals surface area contributed by atoms with E-state index in [4.69, 9.17) is 0 Å². The van der Waals surface area contributed by atoms with Crippen molar-refractivity contribution in [2.75, 3.05) is 5.75 Å². The highest BCUT2D eigenvalue weighted by Crippen LogP contribution is 2.34. The van der Waals surface area contributed by atoms with E-state index in [1.807, 2.05) is 37.3 Å². The highest BCUT2D eigenvalue weighted by Gasteiger charge is 2.43. The van der Waals surface area contributed by atoms with Crippen molar-refractivity contribution in [2.45, 2.75) is 56.5 Å². The second kappa shape index (κ2) is 8.78. The molecule has 146 valence electrons. The zero-order chi connectivity index (χ0) is 19.4. The van der Waals surface area contributed by atoms with Gasteiger partial charge in [-0.2, -0.15) is 0 Å². The van der Waals surface area contributed by atoms with Crippen LogP contribution in [0.15, 0.2) is 30.3 Å². The Morgan fingerprint density at radius 2 is 2.00 bits per heavy atom. The lowest BCUT2D eigenvalue weighted by molar-refractivity contribution is -0.154.